The van der Waals surface area contributed by atoms with Crippen LogP contribution in [0.25, 0.3) is 0 Å². The van der Waals surface area contributed by atoms with Crippen molar-refractivity contribution in [3.63, 3.8) is 0 Å². The standard InChI is InChI=1S/C16H16Cl2N2O3/c1-11(21)20(14-8-12(17)7-13(18)9-14)5-4-16(22)19-10-15-3-2-6-23-15/h2-3,6-9H,4-5,10H2,1H3,(H,19,22). The van der Waals surface area contributed by atoms with E-state index in [1.165, 1.54) is 11.8 Å². The van der Waals surface area contributed by atoms with Gasteiger partial charge in [-0.2, -0.15) is 0 Å². The van der Waals surface area contributed by atoms with Crippen LogP contribution in [-0.4, -0.2) is 18.4 Å². The maximum Gasteiger partial charge on any atom is 0.223 e. The lowest BCUT2D eigenvalue weighted by Gasteiger charge is -2.21. The second kappa shape index (κ2) is 8.04. The van der Waals surface area contributed by atoms with Gasteiger partial charge in [-0.3, -0.25) is 9.59 Å². The highest BCUT2D eigenvalue weighted by molar-refractivity contribution is 6.35. The molecule has 2 rings (SSSR count). The molecule has 2 aromatic rings. The number of rotatable bonds is 6. The molecule has 0 fully saturated rings. The first kappa shape index (κ1) is 17.4. The molecule has 0 atom stereocenters. The fourth-order valence-corrected chi connectivity index (χ4v) is 2.58. The average Bonchev–Trinajstić information content (AvgIpc) is 2.97. The van der Waals surface area contributed by atoms with Crippen LogP contribution >= 0.6 is 23.2 Å². The van der Waals surface area contributed by atoms with Crippen molar-refractivity contribution >= 4 is 40.7 Å². The van der Waals surface area contributed by atoms with E-state index < -0.39 is 0 Å². The van der Waals surface area contributed by atoms with Gasteiger partial charge in [-0.15, -0.1) is 0 Å². The van der Waals surface area contributed by atoms with E-state index in [2.05, 4.69) is 5.32 Å². The Kier molecular flexibility index (Phi) is 6.07. The Bertz CT molecular complexity index is 666. The Hall–Kier alpha value is -1.98. The Morgan fingerprint density at radius 2 is 1.91 bits per heavy atom. The van der Waals surface area contributed by atoms with Crippen molar-refractivity contribution in [3.8, 4) is 0 Å². The molecule has 0 radical (unpaired) electrons. The van der Waals surface area contributed by atoms with Crippen LogP contribution in [0.5, 0.6) is 0 Å². The molecule has 2 amide bonds. The quantitative estimate of drug-likeness (QED) is 0.861. The van der Waals surface area contributed by atoms with Crippen molar-refractivity contribution in [1.29, 1.82) is 0 Å². The third kappa shape index (κ3) is 5.30. The number of hydrogen-bond acceptors (Lipinski definition) is 3. The molecule has 0 spiro atoms. The summed E-state index contributed by atoms with van der Waals surface area (Å²) in [7, 11) is 0. The fourth-order valence-electron chi connectivity index (χ4n) is 2.06. The number of halogens is 2. The van der Waals surface area contributed by atoms with E-state index in [0.717, 1.165) is 0 Å². The number of hydrogen-bond donors (Lipinski definition) is 1. The first-order valence-electron chi connectivity index (χ1n) is 6.99. The van der Waals surface area contributed by atoms with Gasteiger partial charge in [-0.1, -0.05) is 23.2 Å². The molecule has 1 N–H and O–H groups in total. The Labute approximate surface area is 144 Å². The molecule has 7 heteroatoms. The number of amides is 2. The normalized spacial score (nSPS) is 10.4. The van der Waals surface area contributed by atoms with Gasteiger partial charge < -0.3 is 14.6 Å². The van der Waals surface area contributed by atoms with Crippen LogP contribution in [0.3, 0.4) is 0 Å². The lowest BCUT2D eigenvalue weighted by Crippen LogP contribution is -2.33. The van der Waals surface area contributed by atoms with Gasteiger partial charge >= 0.3 is 0 Å². The summed E-state index contributed by atoms with van der Waals surface area (Å²) in [4.78, 5) is 25.2. The smallest absolute Gasteiger partial charge is 0.223 e. The number of carbonyl (C=O) groups excluding carboxylic acids is 2. The van der Waals surface area contributed by atoms with E-state index in [-0.39, 0.29) is 24.8 Å². The molecule has 1 heterocycles. The molecule has 1 aromatic carbocycles. The highest BCUT2D eigenvalue weighted by Crippen LogP contribution is 2.25. The van der Waals surface area contributed by atoms with Gasteiger partial charge in [-0.25, -0.2) is 0 Å². The topological polar surface area (TPSA) is 62.6 Å². The monoisotopic (exact) mass is 354 g/mol. The van der Waals surface area contributed by atoms with Gasteiger partial charge in [-0.05, 0) is 30.3 Å². The first-order chi connectivity index (χ1) is 11.0. The SMILES string of the molecule is CC(=O)N(CCC(=O)NCc1ccco1)c1cc(Cl)cc(Cl)c1. The average molecular weight is 355 g/mol. The Balaban J connectivity index is 1.94. The molecule has 0 bridgehead atoms. The maximum absolute atomic E-state index is 11.9. The van der Waals surface area contributed by atoms with Crippen LogP contribution in [0, 0.1) is 0 Å². The van der Waals surface area contributed by atoms with Crippen molar-refractivity contribution in [2.75, 3.05) is 11.4 Å². The predicted molar refractivity (Wildman–Crippen MR) is 89.7 cm³/mol. The number of carbonyl (C=O) groups is 2. The van der Waals surface area contributed by atoms with E-state index in [1.807, 2.05) is 0 Å². The summed E-state index contributed by atoms with van der Waals surface area (Å²) >= 11 is 11.9. The Morgan fingerprint density at radius 3 is 2.48 bits per heavy atom. The van der Waals surface area contributed by atoms with Crippen molar-refractivity contribution in [1.82, 2.24) is 5.32 Å². The number of furan rings is 1. The van der Waals surface area contributed by atoms with Crippen LogP contribution in [0.15, 0.2) is 41.0 Å². The molecule has 5 nitrogen and oxygen atoms in total. The zero-order chi connectivity index (χ0) is 16.8. The maximum atomic E-state index is 11.9. The molecule has 0 saturated carbocycles. The molecule has 1 aromatic heterocycles. The van der Waals surface area contributed by atoms with Gasteiger partial charge in [0.15, 0.2) is 0 Å². The van der Waals surface area contributed by atoms with Gasteiger partial charge in [0, 0.05) is 35.6 Å². The molecule has 0 unspecified atom stereocenters. The number of nitrogens with one attached hydrogen (secondary N) is 1. The predicted octanol–water partition coefficient (Wildman–Crippen LogP) is 3.65. The van der Waals surface area contributed by atoms with Gasteiger partial charge in [0.05, 0.1) is 12.8 Å². The summed E-state index contributed by atoms with van der Waals surface area (Å²) in [5.41, 5.74) is 0.564. The molecule has 0 saturated heterocycles. The third-order valence-electron chi connectivity index (χ3n) is 3.14. The van der Waals surface area contributed by atoms with E-state index >= 15 is 0 Å². The first-order valence-corrected chi connectivity index (χ1v) is 7.74. The van der Waals surface area contributed by atoms with E-state index in [1.54, 1.807) is 36.6 Å². The summed E-state index contributed by atoms with van der Waals surface area (Å²) in [5.74, 6) is 0.298. The number of nitrogens with zero attached hydrogens (tertiary/aromatic N) is 1. The molecule has 122 valence electrons. The summed E-state index contributed by atoms with van der Waals surface area (Å²) < 4.78 is 5.13. The van der Waals surface area contributed by atoms with Gasteiger partial charge in [0.1, 0.15) is 5.76 Å². The van der Waals surface area contributed by atoms with Crippen molar-refractivity contribution in [2.24, 2.45) is 0 Å². The van der Waals surface area contributed by atoms with Crippen molar-refractivity contribution < 1.29 is 14.0 Å². The molecular formula is C16H16Cl2N2O3. The highest BCUT2D eigenvalue weighted by Gasteiger charge is 2.15. The lowest BCUT2D eigenvalue weighted by atomic mass is 10.2. The van der Waals surface area contributed by atoms with Crippen LogP contribution < -0.4 is 10.2 Å². The third-order valence-corrected chi connectivity index (χ3v) is 3.58. The molecule has 0 aliphatic carbocycles. The fraction of sp³-hybridized carbons (Fsp3) is 0.250. The van der Waals surface area contributed by atoms with Crippen LogP contribution in [0.1, 0.15) is 19.1 Å². The van der Waals surface area contributed by atoms with Crippen LogP contribution in [0.4, 0.5) is 5.69 Å². The highest BCUT2D eigenvalue weighted by atomic mass is 35.5. The number of benzene rings is 1. The van der Waals surface area contributed by atoms with E-state index in [4.69, 9.17) is 27.6 Å². The second-order valence-electron chi connectivity index (χ2n) is 4.90. The zero-order valence-corrected chi connectivity index (χ0v) is 14.0. The zero-order valence-electron chi connectivity index (χ0n) is 12.5. The minimum atomic E-state index is -0.192. The van der Waals surface area contributed by atoms with Crippen LogP contribution in [0.2, 0.25) is 10.0 Å². The van der Waals surface area contributed by atoms with Gasteiger partial charge in [0.25, 0.3) is 0 Å². The Morgan fingerprint density at radius 1 is 1.22 bits per heavy atom. The van der Waals surface area contributed by atoms with Crippen molar-refractivity contribution in [2.45, 2.75) is 19.9 Å². The summed E-state index contributed by atoms with van der Waals surface area (Å²) in [6, 6.07) is 8.38. The largest absolute Gasteiger partial charge is 0.467 e. The molecule has 23 heavy (non-hydrogen) atoms. The molecule has 0 aliphatic rings. The van der Waals surface area contributed by atoms with E-state index in [9.17, 15) is 9.59 Å². The molecular weight excluding hydrogens is 339 g/mol. The van der Waals surface area contributed by atoms with E-state index in [0.29, 0.717) is 28.0 Å². The number of anilines is 1. The molecule has 0 aliphatic heterocycles. The summed E-state index contributed by atoms with van der Waals surface area (Å²) in [6.07, 6.45) is 1.70. The second-order valence-corrected chi connectivity index (χ2v) is 5.78. The summed E-state index contributed by atoms with van der Waals surface area (Å²) in [6.45, 7) is 1.97. The van der Waals surface area contributed by atoms with Crippen molar-refractivity contribution in [3.05, 3.63) is 52.4 Å². The van der Waals surface area contributed by atoms with Crippen LogP contribution in [-0.2, 0) is 16.1 Å². The summed E-state index contributed by atoms with van der Waals surface area (Å²) in [5, 5.41) is 3.59. The lowest BCUT2D eigenvalue weighted by molar-refractivity contribution is -0.121. The minimum absolute atomic E-state index is 0.157. The van der Waals surface area contributed by atoms with Gasteiger partial charge in [0.2, 0.25) is 11.8 Å². The minimum Gasteiger partial charge on any atom is -0.467 e.